The first-order chi connectivity index (χ1) is 6.95. The Labute approximate surface area is 91.2 Å². The number of thioether (sulfide) groups is 1. The number of halogens is 3. The van der Waals surface area contributed by atoms with Gasteiger partial charge in [-0.15, -0.1) is 0 Å². The average molecular weight is 244 g/mol. The van der Waals surface area contributed by atoms with Crippen LogP contribution in [0.3, 0.4) is 0 Å². The minimum atomic E-state index is -4.22. The summed E-state index contributed by atoms with van der Waals surface area (Å²) in [7, 11) is 0. The summed E-state index contributed by atoms with van der Waals surface area (Å²) in [5.74, 6) is -0.422. The normalized spacial score (nSPS) is 11.5. The molecule has 0 fully saturated rings. The molecule has 0 aliphatic rings. The highest BCUT2D eigenvalue weighted by atomic mass is 32.2. The van der Waals surface area contributed by atoms with Crippen LogP contribution in [-0.2, 0) is 4.79 Å². The minimum Gasteiger partial charge on any atom is -0.354 e. The van der Waals surface area contributed by atoms with Gasteiger partial charge in [0.05, 0.1) is 6.54 Å². The molecule has 0 aromatic heterocycles. The van der Waals surface area contributed by atoms with E-state index < -0.39 is 5.51 Å². The molecule has 0 rings (SSSR count). The molecule has 0 radical (unpaired) electrons. The molecular formula is C8H15F3N2OS. The van der Waals surface area contributed by atoms with Gasteiger partial charge in [-0.1, -0.05) is 6.92 Å². The van der Waals surface area contributed by atoms with E-state index in [4.69, 9.17) is 0 Å². The average Bonchev–Trinajstić information content (AvgIpc) is 2.11. The zero-order chi connectivity index (χ0) is 11.7. The summed E-state index contributed by atoms with van der Waals surface area (Å²) in [6.07, 6.45) is 0.914. The molecule has 0 bridgehead atoms. The van der Waals surface area contributed by atoms with Crippen molar-refractivity contribution < 1.29 is 18.0 Å². The number of alkyl halides is 3. The number of hydrogen-bond acceptors (Lipinski definition) is 3. The number of carbonyl (C=O) groups excluding carboxylic acids is 1. The third-order valence-electron chi connectivity index (χ3n) is 1.40. The van der Waals surface area contributed by atoms with Crippen LogP contribution in [0, 0.1) is 0 Å². The van der Waals surface area contributed by atoms with E-state index in [-0.39, 0.29) is 36.5 Å². The lowest BCUT2D eigenvalue weighted by atomic mass is 10.4. The summed E-state index contributed by atoms with van der Waals surface area (Å²) < 4.78 is 35.0. The summed E-state index contributed by atoms with van der Waals surface area (Å²) >= 11 is -0.131. The molecular weight excluding hydrogens is 229 g/mol. The molecule has 0 aliphatic heterocycles. The van der Waals surface area contributed by atoms with E-state index >= 15 is 0 Å². The standard InChI is InChI=1S/C8H15F3N2OS/c1-2-3-12-6-7(14)13-4-5-15-8(9,10)11/h12H,2-6H2,1H3,(H,13,14). The van der Waals surface area contributed by atoms with E-state index in [2.05, 4.69) is 10.6 Å². The number of hydrogen-bond donors (Lipinski definition) is 2. The van der Waals surface area contributed by atoms with Crippen molar-refractivity contribution in [3.63, 3.8) is 0 Å². The second-order valence-electron chi connectivity index (χ2n) is 2.82. The Bertz CT molecular complexity index is 187. The Morgan fingerprint density at radius 3 is 2.53 bits per heavy atom. The van der Waals surface area contributed by atoms with Crippen LogP contribution >= 0.6 is 11.8 Å². The van der Waals surface area contributed by atoms with Crippen LogP contribution in [0.2, 0.25) is 0 Å². The zero-order valence-corrected chi connectivity index (χ0v) is 9.30. The first-order valence-corrected chi connectivity index (χ1v) is 5.62. The maximum absolute atomic E-state index is 11.7. The van der Waals surface area contributed by atoms with E-state index in [9.17, 15) is 18.0 Å². The van der Waals surface area contributed by atoms with Gasteiger partial charge in [0.25, 0.3) is 0 Å². The molecule has 0 heterocycles. The molecule has 0 unspecified atom stereocenters. The highest BCUT2D eigenvalue weighted by Crippen LogP contribution is 2.29. The number of nitrogens with one attached hydrogen (secondary N) is 2. The predicted molar refractivity (Wildman–Crippen MR) is 54.7 cm³/mol. The van der Waals surface area contributed by atoms with Gasteiger partial charge in [-0.2, -0.15) is 13.2 Å². The molecule has 7 heteroatoms. The van der Waals surface area contributed by atoms with Gasteiger partial charge in [0.15, 0.2) is 0 Å². The molecule has 0 saturated heterocycles. The van der Waals surface area contributed by atoms with Crippen LogP contribution in [0.5, 0.6) is 0 Å². The second-order valence-corrected chi connectivity index (χ2v) is 3.98. The van der Waals surface area contributed by atoms with Crippen molar-refractivity contribution in [2.45, 2.75) is 18.9 Å². The highest BCUT2D eigenvalue weighted by molar-refractivity contribution is 8.00. The van der Waals surface area contributed by atoms with Crippen LogP contribution in [0.25, 0.3) is 0 Å². The molecule has 0 aliphatic carbocycles. The topological polar surface area (TPSA) is 41.1 Å². The lowest BCUT2D eigenvalue weighted by molar-refractivity contribution is -0.120. The Balaban J connectivity index is 3.32. The van der Waals surface area contributed by atoms with Gasteiger partial charge >= 0.3 is 5.51 Å². The second kappa shape index (κ2) is 7.81. The smallest absolute Gasteiger partial charge is 0.354 e. The Morgan fingerprint density at radius 1 is 1.33 bits per heavy atom. The Hall–Kier alpha value is -0.430. The molecule has 0 saturated carbocycles. The van der Waals surface area contributed by atoms with Crippen LogP contribution in [0.15, 0.2) is 0 Å². The lowest BCUT2D eigenvalue weighted by Crippen LogP contribution is -2.35. The number of rotatable bonds is 7. The van der Waals surface area contributed by atoms with E-state index in [1.807, 2.05) is 6.92 Å². The molecule has 15 heavy (non-hydrogen) atoms. The fourth-order valence-corrected chi connectivity index (χ4v) is 1.23. The predicted octanol–water partition coefficient (Wildman–Crippen LogP) is 1.36. The van der Waals surface area contributed by atoms with Gasteiger partial charge in [-0.05, 0) is 24.7 Å². The van der Waals surface area contributed by atoms with Gasteiger partial charge in [0.2, 0.25) is 5.91 Å². The molecule has 0 aromatic rings. The first kappa shape index (κ1) is 14.6. The Kier molecular flexibility index (Phi) is 7.59. The maximum atomic E-state index is 11.7. The van der Waals surface area contributed by atoms with Gasteiger partial charge in [0.1, 0.15) is 0 Å². The van der Waals surface area contributed by atoms with Gasteiger partial charge in [0, 0.05) is 12.3 Å². The zero-order valence-electron chi connectivity index (χ0n) is 8.49. The third-order valence-corrected chi connectivity index (χ3v) is 2.14. The lowest BCUT2D eigenvalue weighted by Gasteiger charge is -2.07. The Morgan fingerprint density at radius 2 is 2.00 bits per heavy atom. The van der Waals surface area contributed by atoms with Gasteiger partial charge < -0.3 is 10.6 Å². The van der Waals surface area contributed by atoms with Crippen molar-refractivity contribution in [2.75, 3.05) is 25.4 Å². The maximum Gasteiger partial charge on any atom is 0.441 e. The van der Waals surface area contributed by atoms with Crippen LogP contribution < -0.4 is 10.6 Å². The van der Waals surface area contributed by atoms with Crippen molar-refractivity contribution in [1.82, 2.24) is 10.6 Å². The summed E-state index contributed by atoms with van der Waals surface area (Å²) in [5, 5.41) is 5.24. The first-order valence-electron chi connectivity index (χ1n) is 4.64. The van der Waals surface area contributed by atoms with Crippen molar-refractivity contribution in [1.29, 1.82) is 0 Å². The molecule has 0 aromatic carbocycles. The van der Waals surface area contributed by atoms with E-state index in [1.54, 1.807) is 0 Å². The van der Waals surface area contributed by atoms with Gasteiger partial charge in [-0.3, -0.25) is 4.79 Å². The van der Waals surface area contributed by atoms with Crippen molar-refractivity contribution >= 4 is 17.7 Å². The van der Waals surface area contributed by atoms with Gasteiger partial charge in [-0.25, -0.2) is 0 Å². The SMILES string of the molecule is CCCNCC(=O)NCCSC(F)(F)F. The fraction of sp³-hybridized carbons (Fsp3) is 0.875. The monoisotopic (exact) mass is 244 g/mol. The molecule has 0 spiro atoms. The van der Waals surface area contributed by atoms with Crippen LogP contribution in [0.4, 0.5) is 13.2 Å². The van der Waals surface area contributed by atoms with E-state index in [0.717, 1.165) is 13.0 Å². The quantitative estimate of drug-likeness (QED) is 0.664. The molecule has 0 atom stereocenters. The molecule has 2 N–H and O–H groups in total. The van der Waals surface area contributed by atoms with Crippen molar-refractivity contribution in [3.05, 3.63) is 0 Å². The van der Waals surface area contributed by atoms with Crippen LogP contribution in [0.1, 0.15) is 13.3 Å². The van der Waals surface area contributed by atoms with Crippen molar-refractivity contribution in [3.8, 4) is 0 Å². The van der Waals surface area contributed by atoms with E-state index in [1.165, 1.54) is 0 Å². The summed E-state index contributed by atoms with van der Waals surface area (Å²) in [6, 6.07) is 0. The van der Waals surface area contributed by atoms with E-state index in [0.29, 0.717) is 0 Å². The largest absolute Gasteiger partial charge is 0.441 e. The fourth-order valence-electron chi connectivity index (χ4n) is 0.798. The van der Waals surface area contributed by atoms with Crippen LogP contribution in [-0.4, -0.2) is 36.8 Å². The number of amides is 1. The third kappa shape index (κ3) is 11.5. The number of carbonyl (C=O) groups is 1. The minimum absolute atomic E-state index is 0.0385. The molecule has 90 valence electrons. The summed E-state index contributed by atoms with van der Waals surface area (Å²) in [4.78, 5) is 11.0. The summed E-state index contributed by atoms with van der Waals surface area (Å²) in [6.45, 7) is 2.89. The van der Waals surface area contributed by atoms with Crippen molar-refractivity contribution in [2.24, 2.45) is 0 Å². The summed E-state index contributed by atoms with van der Waals surface area (Å²) in [5.41, 5.74) is -4.22. The molecule has 1 amide bonds. The molecule has 3 nitrogen and oxygen atoms in total. The highest BCUT2D eigenvalue weighted by Gasteiger charge is 2.27.